The molecule has 2 fully saturated rings. The molecule has 30 heavy (non-hydrogen) atoms. The summed E-state index contributed by atoms with van der Waals surface area (Å²) in [4.78, 5) is 14.7. The molecule has 0 spiro atoms. The van der Waals surface area contributed by atoms with Crippen LogP contribution in [0.15, 0.2) is 42.5 Å². The molecule has 1 aliphatic heterocycles. The Hall–Kier alpha value is -2.93. The number of aliphatic hydroxyl groups excluding tert-OH is 1. The highest BCUT2D eigenvalue weighted by Gasteiger charge is 2.44. The number of carbonyl (C=O) groups excluding carboxylic acids is 1. The summed E-state index contributed by atoms with van der Waals surface area (Å²) in [6.45, 7) is 1.20. The van der Waals surface area contributed by atoms with Gasteiger partial charge < -0.3 is 29.3 Å². The molecule has 2 aromatic rings. The summed E-state index contributed by atoms with van der Waals surface area (Å²) < 4.78 is 16.5. The maximum atomic E-state index is 12.9. The minimum absolute atomic E-state index is 0.0549. The van der Waals surface area contributed by atoms with Crippen LogP contribution >= 0.6 is 0 Å². The van der Waals surface area contributed by atoms with Crippen LogP contribution in [0.5, 0.6) is 23.0 Å². The van der Waals surface area contributed by atoms with Crippen LogP contribution in [0.4, 0.5) is 0 Å². The Morgan fingerprint density at radius 3 is 2.30 bits per heavy atom. The largest absolute Gasteiger partial charge is 0.504 e. The summed E-state index contributed by atoms with van der Waals surface area (Å²) in [5.74, 6) is 1.88. The molecule has 1 saturated heterocycles. The van der Waals surface area contributed by atoms with E-state index in [1.54, 1.807) is 24.1 Å². The molecule has 7 heteroatoms. The lowest BCUT2D eigenvalue weighted by Gasteiger charge is -2.35. The number of fused-ring (bicyclic) bond motifs is 1. The van der Waals surface area contributed by atoms with Crippen molar-refractivity contribution in [3.05, 3.63) is 48.0 Å². The van der Waals surface area contributed by atoms with Crippen molar-refractivity contribution in [3.8, 4) is 23.0 Å². The zero-order chi connectivity index (χ0) is 21.3. The second-order valence-corrected chi connectivity index (χ2v) is 7.96. The molecule has 4 rings (SSSR count). The van der Waals surface area contributed by atoms with Gasteiger partial charge in [0.2, 0.25) is 0 Å². The molecule has 1 aliphatic carbocycles. The molecule has 4 atom stereocenters. The third-order valence-corrected chi connectivity index (χ3v) is 6.15. The van der Waals surface area contributed by atoms with Gasteiger partial charge >= 0.3 is 0 Å². The second kappa shape index (κ2) is 8.44. The highest BCUT2D eigenvalue weighted by atomic mass is 16.5. The number of hydrogen-bond donors (Lipinski definition) is 2. The Morgan fingerprint density at radius 1 is 0.967 bits per heavy atom. The zero-order valence-electron chi connectivity index (χ0n) is 17.2. The van der Waals surface area contributed by atoms with Gasteiger partial charge in [0.05, 0.1) is 20.3 Å². The van der Waals surface area contributed by atoms with Gasteiger partial charge in [-0.15, -0.1) is 0 Å². The minimum Gasteiger partial charge on any atom is -0.504 e. The van der Waals surface area contributed by atoms with Crippen molar-refractivity contribution in [1.82, 2.24) is 4.90 Å². The molecule has 2 aromatic carbocycles. The molecular formula is C23H27NO6. The van der Waals surface area contributed by atoms with E-state index in [9.17, 15) is 15.0 Å². The van der Waals surface area contributed by atoms with Crippen LogP contribution in [0.3, 0.4) is 0 Å². The third-order valence-electron chi connectivity index (χ3n) is 6.15. The number of hydrogen-bond acceptors (Lipinski definition) is 6. The van der Waals surface area contributed by atoms with Crippen LogP contribution in [-0.4, -0.2) is 60.5 Å². The van der Waals surface area contributed by atoms with Gasteiger partial charge in [0, 0.05) is 18.7 Å². The molecule has 0 bridgehead atoms. The van der Waals surface area contributed by atoms with Crippen molar-refractivity contribution in [1.29, 1.82) is 0 Å². The summed E-state index contributed by atoms with van der Waals surface area (Å²) in [6.07, 6.45) is 0.308. The van der Waals surface area contributed by atoms with Gasteiger partial charge in [-0.25, -0.2) is 0 Å². The first kappa shape index (κ1) is 20.3. The maximum absolute atomic E-state index is 12.9. The number of aromatic hydroxyl groups is 1. The monoisotopic (exact) mass is 413 g/mol. The number of amides is 1. The summed E-state index contributed by atoms with van der Waals surface area (Å²) in [5.41, 5.74) is 0.425. The summed E-state index contributed by atoms with van der Waals surface area (Å²) in [5, 5.41) is 20.6. The van der Waals surface area contributed by atoms with E-state index in [0.29, 0.717) is 48.7 Å². The minimum atomic E-state index is -0.601. The predicted molar refractivity (Wildman–Crippen MR) is 110 cm³/mol. The van der Waals surface area contributed by atoms with Gasteiger partial charge in [0.25, 0.3) is 5.91 Å². The van der Waals surface area contributed by atoms with E-state index in [2.05, 4.69) is 0 Å². The standard InChI is InChI=1S/C23H27NO6/c1-28-19-8-7-14(9-17(19)25)23(27)24-12-15-10-18(26)22(11-16(15)13-24)30-21-6-4-3-5-20(21)29-2/h3-9,15-16,18,22,25-26H,10-13H2,1-2H3/t15-,16+,18+,22+/m0/s1. The Kier molecular flexibility index (Phi) is 5.72. The first-order valence-electron chi connectivity index (χ1n) is 10.1. The Morgan fingerprint density at radius 2 is 1.63 bits per heavy atom. The molecule has 0 radical (unpaired) electrons. The number of para-hydroxylation sites is 2. The quantitative estimate of drug-likeness (QED) is 0.784. The van der Waals surface area contributed by atoms with Crippen molar-refractivity contribution < 1.29 is 29.2 Å². The highest BCUT2D eigenvalue weighted by molar-refractivity contribution is 5.95. The van der Waals surface area contributed by atoms with E-state index in [-0.39, 0.29) is 29.6 Å². The van der Waals surface area contributed by atoms with Crippen molar-refractivity contribution in [2.75, 3.05) is 27.3 Å². The van der Waals surface area contributed by atoms with Gasteiger partial charge in [-0.1, -0.05) is 12.1 Å². The van der Waals surface area contributed by atoms with E-state index < -0.39 is 6.10 Å². The van der Waals surface area contributed by atoms with Crippen LogP contribution in [0, 0.1) is 11.8 Å². The molecule has 160 valence electrons. The molecular weight excluding hydrogens is 386 g/mol. The highest BCUT2D eigenvalue weighted by Crippen LogP contribution is 2.40. The number of likely N-dealkylation sites (tertiary alicyclic amines) is 1. The smallest absolute Gasteiger partial charge is 0.254 e. The summed E-state index contributed by atoms with van der Waals surface area (Å²) >= 11 is 0. The molecule has 1 heterocycles. The van der Waals surface area contributed by atoms with Gasteiger partial charge in [-0.05, 0) is 55.0 Å². The molecule has 1 amide bonds. The van der Waals surface area contributed by atoms with Gasteiger partial charge in [0.15, 0.2) is 23.0 Å². The number of ether oxygens (including phenoxy) is 3. The Labute approximate surface area is 175 Å². The fraction of sp³-hybridized carbons (Fsp3) is 0.435. The zero-order valence-corrected chi connectivity index (χ0v) is 17.2. The molecule has 1 saturated carbocycles. The number of methoxy groups -OCH3 is 2. The average molecular weight is 413 g/mol. The lowest BCUT2D eigenvalue weighted by atomic mass is 9.78. The Balaban J connectivity index is 1.44. The fourth-order valence-electron chi connectivity index (χ4n) is 4.57. The topological polar surface area (TPSA) is 88.5 Å². The molecule has 2 N–H and O–H groups in total. The number of phenols is 1. The van der Waals surface area contributed by atoms with E-state index in [0.717, 1.165) is 0 Å². The van der Waals surface area contributed by atoms with E-state index in [1.165, 1.54) is 13.2 Å². The fourth-order valence-corrected chi connectivity index (χ4v) is 4.57. The molecule has 0 unspecified atom stereocenters. The third kappa shape index (κ3) is 3.89. The lowest BCUT2D eigenvalue weighted by molar-refractivity contribution is -0.0240. The predicted octanol–water partition coefficient (Wildman–Crippen LogP) is 2.70. The SMILES string of the molecule is COc1ccc(C(=O)N2C[C@H]3C[C@@H](Oc4ccccc4OC)[C@H](O)C[C@H]3C2)cc1O. The summed E-state index contributed by atoms with van der Waals surface area (Å²) in [7, 11) is 3.06. The van der Waals surface area contributed by atoms with Crippen LogP contribution in [0.1, 0.15) is 23.2 Å². The van der Waals surface area contributed by atoms with Crippen molar-refractivity contribution in [2.24, 2.45) is 11.8 Å². The number of phenolic OH excluding ortho intramolecular Hbond substituents is 1. The van der Waals surface area contributed by atoms with E-state index in [1.807, 2.05) is 24.3 Å². The van der Waals surface area contributed by atoms with Crippen molar-refractivity contribution in [2.45, 2.75) is 25.0 Å². The lowest BCUT2D eigenvalue weighted by Crippen LogP contribution is -2.42. The number of rotatable bonds is 5. The first-order chi connectivity index (χ1) is 14.5. The molecule has 2 aliphatic rings. The maximum Gasteiger partial charge on any atom is 0.254 e. The van der Waals surface area contributed by atoms with Gasteiger partial charge in [0.1, 0.15) is 6.10 Å². The van der Waals surface area contributed by atoms with Crippen molar-refractivity contribution >= 4 is 5.91 Å². The second-order valence-electron chi connectivity index (χ2n) is 7.96. The Bertz CT molecular complexity index is 916. The van der Waals surface area contributed by atoms with E-state index in [4.69, 9.17) is 14.2 Å². The first-order valence-corrected chi connectivity index (χ1v) is 10.1. The number of carbonyl (C=O) groups is 1. The van der Waals surface area contributed by atoms with E-state index >= 15 is 0 Å². The van der Waals surface area contributed by atoms with Gasteiger partial charge in [-0.2, -0.15) is 0 Å². The molecule has 0 aromatic heterocycles. The number of aliphatic hydroxyl groups is 1. The van der Waals surface area contributed by atoms with Crippen LogP contribution < -0.4 is 14.2 Å². The van der Waals surface area contributed by atoms with Gasteiger partial charge in [-0.3, -0.25) is 4.79 Å². The number of nitrogens with zero attached hydrogens (tertiary/aromatic N) is 1. The van der Waals surface area contributed by atoms with Crippen LogP contribution in [0.25, 0.3) is 0 Å². The average Bonchev–Trinajstić information content (AvgIpc) is 3.16. The van der Waals surface area contributed by atoms with Crippen molar-refractivity contribution in [3.63, 3.8) is 0 Å². The summed E-state index contributed by atoms with van der Waals surface area (Å²) in [6, 6.07) is 12.1. The normalized spacial score (nSPS) is 25.5. The molecule has 7 nitrogen and oxygen atoms in total. The number of benzene rings is 2. The van der Waals surface area contributed by atoms with Crippen LogP contribution in [0.2, 0.25) is 0 Å². The van der Waals surface area contributed by atoms with Crippen LogP contribution in [-0.2, 0) is 0 Å².